The second-order valence-corrected chi connectivity index (χ2v) is 4.80. The molecule has 0 aliphatic heterocycles. The van der Waals surface area contributed by atoms with Crippen molar-refractivity contribution in [2.24, 2.45) is 0 Å². The number of alkyl halides is 3. The zero-order valence-corrected chi connectivity index (χ0v) is 13.2. The Morgan fingerprint density at radius 1 is 1.12 bits per heavy atom. The lowest BCUT2D eigenvalue weighted by atomic mass is 10.2. The van der Waals surface area contributed by atoms with Crippen molar-refractivity contribution in [1.29, 1.82) is 5.26 Å². The molecule has 0 atom stereocenters. The minimum absolute atomic E-state index is 0.0525. The van der Waals surface area contributed by atoms with Gasteiger partial charge in [0.25, 0.3) is 0 Å². The quantitative estimate of drug-likeness (QED) is 0.795. The smallest absolute Gasteiger partial charge is 0.388 e. The van der Waals surface area contributed by atoms with Gasteiger partial charge >= 0.3 is 6.18 Å². The summed E-state index contributed by atoms with van der Waals surface area (Å²) in [5, 5.41) is 13.1. The molecule has 2 aromatic rings. The number of nitriles is 1. The standard InChI is InChI=1S/C8H5ClF3NO.C8H8N2/c9-7-2-1-5(13-4-14)3-6(7)8(10,11)12;1-10-8-4-2-7(6-9)3-5-8/h1-4H,(H,13,14);2-5,10H,1H3. The van der Waals surface area contributed by atoms with Crippen molar-refractivity contribution in [2.75, 3.05) is 17.7 Å². The van der Waals surface area contributed by atoms with Crippen LogP contribution >= 0.6 is 11.6 Å². The molecule has 0 unspecified atom stereocenters. The molecule has 0 saturated carbocycles. The van der Waals surface area contributed by atoms with Crippen LogP contribution in [0.5, 0.6) is 0 Å². The molecule has 24 heavy (non-hydrogen) atoms. The molecule has 0 saturated heterocycles. The summed E-state index contributed by atoms with van der Waals surface area (Å²) in [5.41, 5.74) is 0.806. The van der Waals surface area contributed by atoms with Crippen LogP contribution in [0, 0.1) is 11.3 Å². The van der Waals surface area contributed by atoms with Crippen molar-refractivity contribution in [1.82, 2.24) is 0 Å². The summed E-state index contributed by atoms with van der Waals surface area (Å²) in [6, 6.07) is 12.5. The lowest BCUT2D eigenvalue weighted by Gasteiger charge is -2.09. The van der Waals surface area contributed by atoms with Gasteiger partial charge in [0.05, 0.1) is 22.2 Å². The van der Waals surface area contributed by atoms with E-state index in [4.69, 9.17) is 16.9 Å². The number of hydrogen-bond acceptors (Lipinski definition) is 3. The van der Waals surface area contributed by atoms with E-state index in [1.165, 1.54) is 6.07 Å². The zero-order chi connectivity index (χ0) is 18.2. The van der Waals surface area contributed by atoms with Gasteiger partial charge in [-0.25, -0.2) is 0 Å². The summed E-state index contributed by atoms with van der Waals surface area (Å²) < 4.78 is 36.8. The summed E-state index contributed by atoms with van der Waals surface area (Å²) in [7, 11) is 1.85. The highest BCUT2D eigenvalue weighted by atomic mass is 35.5. The van der Waals surface area contributed by atoms with Gasteiger partial charge in [-0.3, -0.25) is 4.79 Å². The highest BCUT2D eigenvalue weighted by Gasteiger charge is 2.33. The molecule has 126 valence electrons. The third-order valence-corrected chi connectivity index (χ3v) is 3.13. The number of carbonyl (C=O) groups excluding carboxylic acids is 1. The SMILES string of the molecule is CNc1ccc(C#N)cc1.O=CNc1ccc(Cl)c(C(F)(F)F)c1. The van der Waals surface area contributed by atoms with Gasteiger partial charge in [0.1, 0.15) is 0 Å². The topological polar surface area (TPSA) is 64.9 Å². The van der Waals surface area contributed by atoms with Crippen molar-refractivity contribution >= 4 is 29.4 Å². The molecule has 4 nitrogen and oxygen atoms in total. The van der Waals surface area contributed by atoms with Gasteiger partial charge in [-0.1, -0.05) is 11.6 Å². The monoisotopic (exact) mass is 355 g/mol. The Bertz CT molecular complexity index is 725. The van der Waals surface area contributed by atoms with Gasteiger partial charge in [-0.15, -0.1) is 0 Å². The lowest BCUT2D eigenvalue weighted by Crippen LogP contribution is -2.07. The molecule has 0 aliphatic rings. The molecule has 0 radical (unpaired) electrons. The molecule has 2 N–H and O–H groups in total. The number of nitrogens with zero attached hydrogens (tertiary/aromatic N) is 1. The fourth-order valence-electron chi connectivity index (χ4n) is 1.61. The molecule has 0 aliphatic carbocycles. The second kappa shape index (κ2) is 8.79. The largest absolute Gasteiger partial charge is 0.417 e. The van der Waals surface area contributed by atoms with Crippen molar-refractivity contribution < 1.29 is 18.0 Å². The highest BCUT2D eigenvalue weighted by Crippen LogP contribution is 2.35. The van der Waals surface area contributed by atoms with E-state index in [0.29, 0.717) is 12.0 Å². The molecule has 1 amide bonds. The van der Waals surface area contributed by atoms with Crippen LogP contribution in [0.2, 0.25) is 5.02 Å². The summed E-state index contributed by atoms with van der Waals surface area (Å²) in [4.78, 5) is 9.99. The Balaban J connectivity index is 0.000000254. The number of nitrogens with one attached hydrogen (secondary N) is 2. The average molecular weight is 356 g/mol. The molecule has 0 heterocycles. The predicted octanol–water partition coefficient (Wildman–Crippen LogP) is 4.53. The van der Waals surface area contributed by atoms with Crippen LogP contribution in [0.3, 0.4) is 0 Å². The van der Waals surface area contributed by atoms with Crippen molar-refractivity contribution in [3.05, 3.63) is 58.6 Å². The first-order valence-electron chi connectivity index (χ1n) is 6.56. The fraction of sp³-hybridized carbons (Fsp3) is 0.125. The number of anilines is 2. The van der Waals surface area contributed by atoms with Gasteiger partial charge < -0.3 is 10.6 Å². The van der Waals surface area contributed by atoms with E-state index >= 15 is 0 Å². The van der Waals surface area contributed by atoms with Gasteiger partial charge in [0, 0.05) is 18.4 Å². The van der Waals surface area contributed by atoms with Crippen LogP contribution in [0.25, 0.3) is 0 Å². The first-order valence-corrected chi connectivity index (χ1v) is 6.94. The van der Waals surface area contributed by atoms with E-state index in [9.17, 15) is 18.0 Å². The van der Waals surface area contributed by atoms with E-state index in [1.54, 1.807) is 12.1 Å². The highest BCUT2D eigenvalue weighted by molar-refractivity contribution is 6.31. The minimum atomic E-state index is -4.52. The third-order valence-electron chi connectivity index (χ3n) is 2.80. The molecular weight excluding hydrogens is 343 g/mol. The summed E-state index contributed by atoms with van der Waals surface area (Å²) in [6.45, 7) is 0. The minimum Gasteiger partial charge on any atom is -0.388 e. The molecule has 0 bridgehead atoms. The van der Waals surface area contributed by atoms with Crippen LogP contribution in [0.15, 0.2) is 42.5 Å². The van der Waals surface area contributed by atoms with Crippen LogP contribution in [-0.2, 0) is 11.0 Å². The van der Waals surface area contributed by atoms with E-state index in [2.05, 4.69) is 16.7 Å². The summed E-state index contributed by atoms with van der Waals surface area (Å²) in [6.07, 6.45) is -4.22. The van der Waals surface area contributed by atoms with Crippen molar-refractivity contribution in [2.45, 2.75) is 6.18 Å². The van der Waals surface area contributed by atoms with Crippen LogP contribution in [0.4, 0.5) is 24.5 Å². The lowest BCUT2D eigenvalue weighted by molar-refractivity contribution is -0.137. The maximum absolute atomic E-state index is 12.3. The molecule has 0 spiro atoms. The summed E-state index contributed by atoms with van der Waals surface area (Å²) >= 11 is 5.34. The average Bonchev–Trinajstić information content (AvgIpc) is 2.56. The van der Waals surface area contributed by atoms with Gasteiger partial charge in [-0.05, 0) is 42.5 Å². The van der Waals surface area contributed by atoms with Crippen molar-refractivity contribution in [3.63, 3.8) is 0 Å². The number of rotatable bonds is 3. The Hall–Kier alpha value is -2.72. The normalized spacial score (nSPS) is 10.0. The van der Waals surface area contributed by atoms with E-state index < -0.39 is 16.8 Å². The Morgan fingerprint density at radius 2 is 1.71 bits per heavy atom. The Morgan fingerprint density at radius 3 is 2.17 bits per heavy atom. The maximum Gasteiger partial charge on any atom is 0.417 e. The van der Waals surface area contributed by atoms with Gasteiger partial charge in [-0.2, -0.15) is 18.4 Å². The third kappa shape index (κ3) is 5.82. The van der Waals surface area contributed by atoms with Crippen LogP contribution in [0.1, 0.15) is 11.1 Å². The molecule has 8 heteroatoms. The maximum atomic E-state index is 12.3. The first kappa shape index (κ1) is 19.3. The Labute approximate surface area is 141 Å². The second-order valence-electron chi connectivity index (χ2n) is 4.39. The van der Waals surface area contributed by atoms with Crippen LogP contribution in [-0.4, -0.2) is 13.5 Å². The zero-order valence-electron chi connectivity index (χ0n) is 12.5. The number of hydrogen-bond donors (Lipinski definition) is 2. The van der Waals surface area contributed by atoms with E-state index in [1.807, 2.05) is 19.2 Å². The molecule has 2 aromatic carbocycles. The van der Waals surface area contributed by atoms with E-state index in [0.717, 1.165) is 17.8 Å². The first-order chi connectivity index (χ1) is 11.3. The predicted molar refractivity (Wildman–Crippen MR) is 86.8 cm³/mol. The van der Waals surface area contributed by atoms with Gasteiger partial charge in [0.15, 0.2) is 0 Å². The Kier molecular flexibility index (Phi) is 7.08. The number of carbonyl (C=O) groups is 1. The molecule has 2 rings (SSSR count). The molecule has 0 aromatic heterocycles. The van der Waals surface area contributed by atoms with Crippen LogP contribution < -0.4 is 10.6 Å². The number of benzene rings is 2. The fourth-order valence-corrected chi connectivity index (χ4v) is 1.84. The number of halogens is 4. The van der Waals surface area contributed by atoms with E-state index in [-0.39, 0.29) is 5.69 Å². The molecule has 0 fully saturated rings. The summed E-state index contributed by atoms with van der Waals surface area (Å²) in [5.74, 6) is 0. The number of amides is 1. The van der Waals surface area contributed by atoms with Crippen molar-refractivity contribution in [3.8, 4) is 6.07 Å². The molecular formula is C16H13ClF3N3O. The van der Waals surface area contributed by atoms with Gasteiger partial charge in [0.2, 0.25) is 6.41 Å².